The van der Waals surface area contributed by atoms with E-state index >= 15 is 0 Å². The minimum Gasteiger partial charge on any atom is -0.447 e. The molecule has 0 atom stereocenters. The Balaban J connectivity index is 1.56. The first-order valence-electron chi connectivity index (χ1n) is 6.42. The van der Waals surface area contributed by atoms with Gasteiger partial charge in [0.2, 0.25) is 0 Å². The number of nitrogens with zero attached hydrogens (tertiary/aromatic N) is 5. The summed E-state index contributed by atoms with van der Waals surface area (Å²) >= 11 is 0. The molecule has 3 rings (SSSR count). The molecule has 0 aliphatic rings. The summed E-state index contributed by atoms with van der Waals surface area (Å²) in [6.45, 7) is 0.534. The Bertz CT molecular complexity index is 768. The van der Waals surface area contributed by atoms with Crippen LogP contribution < -0.4 is 4.74 Å². The second-order valence-electron chi connectivity index (χ2n) is 4.28. The van der Waals surface area contributed by atoms with E-state index in [1.807, 2.05) is 30.3 Å². The van der Waals surface area contributed by atoms with Crippen molar-refractivity contribution in [2.75, 3.05) is 6.61 Å². The number of rotatable bonds is 6. The maximum atomic E-state index is 10.5. The maximum absolute atomic E-state index is 10.5. The summed E-state index contributed by atoms with van der Waals surface area (Å²) < 4.78 is 12.1. The van der Waals surface area contributed by atoms with Gasteiger partial charge in [-0.2, -0.15) is 4.68 Å². The molecule has 9 heteroatoms. The quantitative estimate of drug-likeness (QED) is 0.505. The molecular formula is C13H11N5O4. The normalized spacial score (nSPS) is 10.5. The number of benzene rings is 1. The zero-order valence-corrected chi connectivity index (χ0v) is 11.3. The van der Waals surface area contributed by atoms with Crippen molar-refractivity contribution < 1.29 is 14.1 Å². The monoisotopic (exact) mass is 301 g/mol. The lowest BCUT2D eigenvalue weighted by atomic mass is 10.2. The third-order valence-corrected chi connectivity index (χ3v) is 2.79. The van der Waals surface area contributed by atoms with Gasteiger partial charge in [0, 0.05) is 5.56 Å². The smallest absolute Gasteiger partial charge is 0.414 e. The van der Waals surface area contributed by atoms with Crippen LogP contribution in [0.3, 0.4) is 0 Å². The first kappa shape index (κ1) is 13.7. The first-order valence-corrected chi connectivity index (χ1v) is 6.42. The minimum atomic E-state index is -0.554. The lowest BCUT2D eigenvalue weighted by Gasteiger charge is -1.98. The van der Waals surface area contributed by atoms with Gasteiger partial charge in [0.05, 0.1) is 23.9 Å². The molecule has 1 aromatic carbocycles. The highest BCUT2D eigenvalue weighted by Crippen LogP contribution is 2.20. The molecule has 0 N–H and O–H groups in total. The SMILES string of the molecule is O=[N+]([O-])c1ccn(CCOc2nnc(-c3ccccc3)o2)n1. The highest BCUT2D eigenvalue weighted by atomic mass is 16.6. The van der Waals surface area contributed by atoms with Crippen LogP contribution in [0.4, 0.5) is 5.82 Å². The summed E-state index contributed by atoms with van der Waals surface area (Å²) in [4.78, 5) is 9.96. The number of hydrogen-bond acceptors (Lipinski definition) is 7. The van der Waals surface area contributed by atoms with Gasteiger partial charge in [0.25, 0.3) is 5.89 Å². The molecule has 0 fully saturated rings. The van der Waals surface area contributed by atoms with Crippen LogP contribution in [0.5, 0.6) is 6.08 Å². The van der Waals surface area contributed by atoms with Crippen molar-refractivity contribution >= 4 is 5.82 Å². The summed E-state index contributed by atoms with van der Waals surface area (Å²) in [7, 11) is 0. The number of aromatic nitrogens is 4. The molecule has 0 aliphatic heterocycles. The van der Waals surface area contributed by atoms with E-state index in [0.29, 0.717) is 12.4 Å². The fourth-order valence-electron chi connectivity index (χ4n) is 1.76. The van der Waals surface area contributed by atoms with Crippen molar-refractivity contribution in [2.24, 2.45) is 0 Å². The van der Waals surface area contributed by atoms with Crippen molar-refractivity contribution in [3.05, 3.63) is 52.7 Å². The first-order chi connectivity index (χ1) is 10.7. The van der Waals surface area contributed by atoms with Gasteiger partial charge >= 0.3 is 11.9 Å². The second-order valence-corrected chi connectivity index (χ2v) is 4.28. The van der Waals surface area contributed by atoms with Crippen molar-refractivity contribution in [1.29, 1.82) is 0 Å². The minimum absolute atomic E-state index is 0.0421. The molecule has 112 valence electrons. The van der Waals surface area contributed by atoms with Crippen LogP contribution >= 0.6 is 0 Å². The van der Waals surface area contributed by atoms with E-state index in [0.717, 1.165) is 5.56 Å². The van der Waals surface area contributed by atoms with Crippen LogP contribution in [0.1, 0.15) is 0 Å². The van der Waals surface area contributed by atoms with Crippen molar-refractivity contribution in [3.63, 3.8) is 0 Å². The Morgan fingerprint density at radius 2 is 2.05 bits per heavy atom. The number of hydrogen-bond donors (Lipinski definition) is 0. The molecule has 3 aromatic rings. The van der Waals surface area contributed by atoms with Crippen LogP contribution in [-0.2, 0) is 6.54 Å². The van der Waals surface area contributed by atoms with Crippen LogP contribution in [0.25, 0.3) is 11.5 Å². The third kappa shape index (κ3) is 3.08. The Morgan fingerprint density at radius 3 is 2.77 bits per heavy atom. The summed E-state index contributed by atoms with van der Waals surface area (Å²) in [6, 6.07) is 10.6. The highest BCUT2D eigenvalue weighted by Gasteiger charge is 2.12. The highest BCUT2D eigenvalue weighted by molar-refractivity contribution is 5.51. The number of ether oxygens (including phenoxy) is 1. The summed E-state index contributed by atoms with van der Waals surface area (Å²) in [5, 5.41) is 21.9. The van der Waals surface area contributed by atoms with E-state index in [1.165, 1.54) is 16.9 Å². The van der Waals surface area contributed by atoms with Crippen molar-refractivity contribution in [1.82, 2.24) is 20.0 Å². The molecule has 0 aliphatic carbocycles. The van der Waals surface area contributed by atoms with Crippen LogP contribution in [-0.4, -0.2) is 31.5 Å². The molecule has 0 amide bonds. The van der Waals surface area contributed by atoms with Crippen molar-refractivity contribution in [3.8, 4) is 17.5 Å². The maximum Gasteiger partial charge on any atom is 0.414 e. The Hall–Kier alpha value is -3.23. The molecule has 0 spiro atoms. The molecule has 0 saturated carbocycles. The molecule has 2 aromatic heterocycles. The molecule has 0 bridgehead atoms. The Kier molecular flexibility index (Phi) is 3.77. The van der Waals surface area contributed by atoms with E-state index in [-0.39, 0.29) is 18.5 Å². The van der Waals surface area contributed by atoms with Gasteiger partial charge in [0.15, 0.2) is 0 Å². The van der Waals surface area contributed by atoms with E-state index in [4.69, 9.17) is 9.15 Å². The van der Waals surface area contributed by atoms with E-state index < -0.39 is 4.92 Å². The summed E-state index contributed by atoms with van der Waals surface area (Å²) in [6.07, 6.45) is 1.55. The standard InChI is InChI=1S/C13H11N5O4/c19-18(20)11-6-7-17(16-11)8-9-21-13-15-14-12(22-13)10-4-2-1-3-5-10/h1-7H,8-9H2. The van der Waals surface area contributed by atoms with Gasteiger partial charge in [-0.05, 0) is 17.1 Å². The molecule has 2 heterocycles. The van der Waals surface area contributed by atoms with Gasteiger partial charge in [-0.1, -0.05) is 23.3 Å². The second kappa shape index (κ2) is 6.04. The zero-order chi connectivity index (χ0) is 15.4. The largest absolute Gasteiger partial charge is 0.447 e. The van der Waals surface area contributed by atoms with Crippen LogP contribution in [0.15, 0.2) is 47.0 Å². The van der Waals surface area contributed by atoms with Crippen LogP contribution in [0, 0.1) is 10.1 Å². The fraction of sp³-hybridized carbons (Fsp3) is 0.154. The van der Waals surface area contributed by atoms with E-state index in [9.17, 15) is 10.1 Å². The van der Waals surface area contributed by atoms with Gasteiger partial charge in [-0.15, -0.1) is 5.10 Å². The zero-order valence-electron chi connectivity index (χ0n) is 11.3. The van der Waals surface area contributed by atoms with E-state index in [1.54, 1.807) is 0 Å². The lowest BCUT2D eigenvalue weighted by Crippen LogP contribution is -2.09. The Labute approximate surface area is 124 Å². The van der Waals surface area contributed by atoms with Crippen LogP contribution in [0.2, 0.25) is 0 Å². The third-order valence-electron chi connectivity index (χ3n) is 2.79. The lowest BCUT2D eigenvalue weighted by molar-refractivity contribution is -0.389. The van der Waals surface area contributed by atoms with Gasteiger partial charge in [-0.25, -0.2) is 0 Å². The molecule has 9 nitrogen and oxygen atoms in total. The predicted octanol–water partition coefficient (Wildman–Crippen LogP) is 1.92. The van der Waals surface area contributed by atoms with Gasteiger partial charge in [-0.3, -0.25) is 0 Å². The average Bonchev–Trinajstić information content (AvgIpc) is 3.18. The predicted molar refractivity (Wildman–Crippen MR) is 74.1 cm³/mol. The van der Waals surface area contributed by atoms with Gasteiger partial charge < -0.3 is 19.3 Å². The molecule has 22 heavy (non-hydrogen) atoms. The van der Waals surface area contributed by atoms with Gasteiger partial charge in [0.1, 0.15) is 6.61 Å². The molecule has 0 radical (unpaired) electrons. The molecular weight excluding hydrogens is 290 g/mol. The fourth-order valence-corrected chi connectivity index (χ4v) is 1.76. The Morgan fingerprint density at radius 1 is 1.23 bits per heavy atom. The molecule has 0 saturated heterocycles. The summed E-state index contributed by atoms with van der Waals surface area (Å²) in [5.41, 5.74) is 0.799. The number of nitro groups is 1. The average molecular weight is 301 g/mol. The topological polar surface area (TPSA) is 109 Å². The van der Waals surface area contributed by atoms with Crippen molar-refractivity contribution in [2.45, 2.75) is 6.54 Å². The summed E-state index contributed by atoms with van der Waals surface area (Å²) in [5.74, 6) is 0.162. The molecule has 0 unspecified atom stereocenters. The van der Waals surface area contributed by atoms with E-state index in [2.05, 4.69) is 15.3 Å².